The van der Waals surface area contributed by atoms with Gasteiger partial charge >= 0.3 is 0 Å². The van der Waals surface area contributed by atoms with E-state index in [-0.39, 0.29) is 0 Å². The van der Waals surface area contributed by atoms with Gasteiger partial charge in [-0.3, -0.25) is 4.79 Å². The van der Waals surface area contributed by atoms with E-state index in [4.69, 9.17) is 11.5 Å². The minimum absolute atomic E-state index is 0.446. The van der Waals surface area contributed by atoms with Gasteiger partial charge in [-0.05, 0) is 42.9 Å². The largest absolute Gasteiger partial charge is 0.397 e. The lowest BCUT2D eigenvalue weighted by molar-refractivity contribution is 0.100. The summed E-state index contributed by atoms with van der Waals surface area (Å²) in [6.07, 6.45) is 3.68. The van der Waals surface area contributed by atoms with Crippen LogP contribution in [-0.2, 0) is 0 Å². The Kier molecular flexibility index (Phi) is 3.98. The van der Waals surface area contributed by atoms with Crippen LogP contribution in [0.5, 0.6) is 0 Å². The Morgan fingerprint density at radius 3 is 2.68 bits per heavy atom. The Morgan fingerprint density at radius 2 is 2.16 bits per heavy atom. The maximum Gasteiger partial charge on any atom is 0.248 e. The maximum absolute atomic E-state index is 11.1. The standard InChI is InChI=1S/C15H23N3O/c1-3-10-4-6-13(9(10)2)18-14-7-5-11(15(17)19)8-12(14)16/h5,7-10,13,18H,3-4,6,16H2,1-2H3,(H2,17,19). The lowest BCUT2D eigenvalue weighted by Crippen LogP contribution is -2.25. The van der Waals surface area contributed by atoms with Gasteiger partial charge in [0.2, 0.25) is 5.91 Å². The third-order valence-electron chi connectivity index (χ3n) is 4.43. The quantitative estimate of drug-likeness (QED) is 0.729. The van der Waals surface area contributed by atoms with E-state index in [2.05, 4.69) is 19.2 Å². The molecule has 0 spiro atoms. The number of benzene rings is 1. The second-order valence-electron chi connectivity index (χ2n) is 5.52. The number of hydrogen-bond acceptors (Lipinski definition) is 3. The van der Waals surface area contributed by atoms with Crippen molar-refractivity contribution in [1.29, 1.82) is 0 Å². The van der Waals surface area contributed by atoms with Gasteiger partial charge in [-0.25, -0.2) is 0 Å². The fraction of sp³-hybridized carbons (Fsp3) is 0.533. The van der Waals surface area contributed by atoms with Crippen molar-refractivity contribution < 1.29 is 4.79 Å². The molecule has 0 bridgehead atoms. The summed E-state index contributed by atoms with van der Waals surface area (Å²) in [4.78, 5) is 11.1. The number of rotatable bonds is 4. The van der Waals surface area contributed by atoms with Gasteiger partial charge in [0.1, 0.15) is 0 Å². The molecule has 1 aromatic rings. The van der Waals surface area contributed by atoms with Crippen LogP contribution in [0.15, 0.2) is 18.2 Å². The number of anilines is 2. The van der Waals surface area contributed by atoms with Crippen LogP contribution in [-0.4, -0.2) is 11.9 Å². The Morgan fingerprint density at radius 1 is 1.42 bits per heavy atom. The van der Waals surface area contributed by atoms with Gasteiger partial charge in [-0.15, -0.1) is 0 Å². The minimum Gasteiger partial charge on any atom is -0.397 e. The third kappa shape index (κ3) is 2.83. The Labute approximate surface area is 114 Å². The van der Waals surface area contributed by atoms with Crippen molar-refractivity contribution in [2.45, 2.75) is 39.2 Å². The van der Waals surface area contributed by atoms with E-state index in [0.717, 1.165) is 11.6 Å². The normalized spacial score (nSPS) is 26.3. The zero-order valence-electron chi connectivity index (χ0n) is 11.6. The summed E-state index contributed by atoms with van der Waals surface area (Å²) in [5, 5.41) is 3.51. The first-order valence-corrected chi connectivity index (χ1v) is 6.98. The molecule has 0 saturated heterocycles. The summed E-state index contributed by atoms with van der Waals surface area (Å²) in [6.45, 7) is 4.55. The van der Waals surface area contributed by atoms with Crippen LogP contribution in [0.3, 0.4) is 0 Å². The zero-order chi connectivity index (χ0) is 14.0. The highest BCUT2D eigenvalue weighted by Crippen LogP contribution is 2.36. The van der Waals surface area contributed by atoms with E-state index in [1.807, 2.05) is 6.07 Å². The van der Waals surface area contributed by atoms with Crippen LogP contribution in [0.1, 0.15) is 43.5 Å². The van der Waals surface area contributed by atoms with E-state index in [1.54, 1.807) is 12.1 Å². The molecular formula is C15H23N3O. The third-order valence-corrected chi connectivity index (χ3v) is 4.43. The van der Waals surface area contributed by atoms with E-state index >= 15 is 0 Å². The molecule has 0 heterocycles. The van der Waals surface area contributed by atoms with Gasteiger partial charge in [0.05, 0.1) is 11.4 Å². The molecule has 1 aliphatic rings. The molecule has 1 saturated carbocycles. The lowest BCUT2D eigenvalue weighted by Gasteiger charge is -2.23. The van der Waals surface area contributed by atoms with Crippen molar-refractivity contribution in [2.24, 2.45) is 17.6 Å². The van der Waals surface area contributed by atoms with Crippen molar-refractivity contribution in [2.75, 3.05) is 11.1 Å². The summed E-state index contributed by atoms with van der Waals surface area (Å²) >= 11 is 0. The number of carbonyl (C=O) groups excluding carboxylic acids is 1. The fourth-order valence-corrected chi connectivity index (χ4v) is 3.07. The summed E-state index contributed by atoms with van der Waals surface area (Å²) < 4.78 is 0. The molecule has 4 heteroatoms. The van der Waals surface area contributed by atoms with Gasteiger partial charge in [-0.2, -0.15) is 0 Å². The highest BCUT2D eigenvalue weighted by atomic mass is 16.1. The first-order chi connectivity index (χ1) is 9.02. The van der Waals surface area contributed by atoms with Gasteiger partial charge in [-0.1, -0.05) is 20.3 Å². The second-order valence-corrected chi connectivity index (χ2v) is 5.52. The smallest absolute Gasteiger partial charge is 0.248 e. The van der Waals surface area contributed by atoms with Crippen LogP contribution in [0.2, 0.25) is 0 Å². The lowest BCUT2D eigenvalue weighted by atomic mass is 9.93. The SMILES string of the molecule is CCC1CCC(Nc2ccc(C(N)=O)cc2N)C1C. The Balaban J connectivity index is 2.10. The van der Waals surface area contributed by atoms with E-state index in [1.165, 1.54) is 19.3 Å². The molecule has 4 nitrogen and oxygen atoms in total. The highest BCUT2D eigenvalue weighted by Gasteiger charge is 2.31. The summed E-state index contributed by atoms with van der Waals surface area (Å²) in [5.41, 5.74) is 13.2. The number of amides is 1. The van der Waals surface area contributed by atoms with Gasteiger partial charge < -0.3 is 16.8 Å². The van der Waals surface area contributed by atoms with Crippen molar-refractivity contribution in [3.05, 3.63) is 23.8 Å². The van der Waals surface area contributed by atoms with Crippen LogP contribution in [0.25, 0.3) is 0 Å². The monoisotopic (exact) mass is 261 g/mol. The number of carbonyl (C=O) groups is 1. The maximum atomic E-state index is 11.1. The van der Waals surface area contributed by atoms with E-state index < -0.39 is 5.91 Å². The number of hydrogen-bond donors (Lipinski definition) is 3. The minimum atomic E-state index is -0.446. The summed E-state index contributed by atoms with van der Waals surface area (Å²) in [7, 11) is 0. The Hall–Kier alpha value is -1.71. The fourth-order valence-electron chi connectivity index (χ4n) is 3.07. The molecule has 0 aromatic heterocycles. The topological polar surface area (TPSA) is 81.1 Å². The molecule has 3 unspecified atom stereocenters. The molecule has 3 atom stereocenters. The molecule has 104 valence electrons. The predicted molar refractivity (Wildman–Crippen MR) is 79.0 cm³/mol. The first kappa shape index (κ1) is 13.7. The summed E-state index contributed by atoms with van der Waals surface area (Å²) in [6, 6.07) is 5.67. The first-order valence-electron chi connectivity index (χ1n) is 6.98. The molecule has 0 radical (unpaired) electrons. The second kappa shape index (κ2) is 5.51. The molecule has 1 amide bonds. The van der Waals surface area contributed by atoms with Crippen molar-refractivity contribution in [1.82, 2.24) is 0 Å². The molecule has 5 N–H and O–H groups in total. The van der Waals surface area contributed by atoms with Gasteiger partial charge in [0.15, 0.2) is 0 Å². The van der Waals surface area contributed by atoms with Crippen LogP contribution in [0.4, 0.5) is 11.4 Å². The van der Waals surface area contributed by atoms with Crippen molar-refractivity contribution in [3.8, 4) is 0 Å². The average molecular weight is 261 g/mol. The molecule has 19 heavy (non-hydrogen) atoms. The number of primary amides is 1. The van der Waals surface area contributed by atoms with Crippen molar-refractivity contribution in [3.63, 3.8) is 0 Å². The van der Waals surface area contributed by atoms with E-state index in [9.17, 15) is 4.79 Å². The average Bonchev–Trinajstić information content (AvgIpc) is 2.72. The van der Waals surface area contributed by atoms with Gasteiger partial charge in [0.25, 0.3) is 0 Å². The number of nitrogens with two attached hydrogens (primary N) is 2. The Bertz CT molecular complexity index is 472. The van der Waals surface area contributed by atoms with Crippen LogP contribution >= 0.6 is 0 Å². The predicted octanol–water partition coefficient (Wildman–Crippen LogP) is 2.60. The molecular weight excluding hydrogens is 238 g/mol. The highest BCUT2D eigenvalue weighted by molar-refractivity contribution is 5.94. The molecule has 1 aromatic carbocycles. The molecule has 2 rings (SSSR count). The molecule has 0 aliphatic heterocycles. The summed E-state index contributed by atoms with van der Waals surface area (Å²) in [5.74, 6) is 1.00. The van der Waals surface area contributed by atoms with Crippen LogP contribution < -0.4 is 16.8 Å². The van der Waals surface area contributed by atoms with Crippen molar-refractivity contribution >= 4 is 17.3 Å². The van der Waals surface area contributed by atoms with Crippen LogP contribution in [0, 0.1) is 11.8 Å². The molecule has 1 aliphatic carbocycles. The molecule has 1 fully saturated rings. The zero-order valence-corrected chi connectivity index (χ0v) is 11.6. The number of nitrogens with one attached hydrogen (secondary N) is 1. The van der Waals surface area contributed by atoms with Gasteiger partial charge in [0, 0.05) is 11.6 Å². The number of nitrogen functional groups attached to an aromatic ring is 1. The van der Waals surface area contributed by atoms with E-state index in [0.29, 0.717) is 23.2 Å².